The van der Waals surface area contributed by atoms with Crippen LogP contribution in [-0.4, -0.2) is 12.0 Å². The van der Waals surface area contributed by atoms with Crippen molar-refractivity contribution in [3.05, 3.63) is 35.9 Å². The molecular weight excluding hydrogens is 232 g/mol. The van der Waals surface area contributed by atoms with Crippen LogP contribution in [0.3, 0.4) is 0 Å². The smallest absolute Gasteiger partial charge is 0.0716 e. The largest absolute Gasteiger partial charge is 0.377 e. The number of benzene rings is 1. The lowest BCUT2D eigenvalue weighted by molar-refractivity contribution is 0.116. The van der Waals surface area contributed by atoms with E-state index in [-0.39, 0.29) is 0 Å². The van der Waals surface area contributed by atoms with Gasteiger partial charge in [-0.25, -0.2) is 0 Å². The molecule has 1 aromatic carbocycles. The van der Waals surface area contributed by atoms with E-state index in [0.29, 0.717) is 17.9 Å². The zero-order valence-electron chi connectivity index (χ0n) is 10.9. The van der Waals surface area contributed by atoms with E-state index < -0.39 is 0 Å². The summed E-state index contributed by atoms with van der Waals surface area (Å²) in [4.78, 5) is 0. The molecule has 1 aromatic rings. The predicted molar refractivity (Wildman–Crippen MR) is 74.4 cm³/mol. The molecule has 1 rings (SSSR count). The van der Waals surface area contributed by atoms with Gasteiger partial charge in [0.2, 0.25) is 0 Å². The van der Waals surface area contributed by atoms with E-state index in [0.717, 1.165) is 25.9 Å². The maximum Gasteiger partial charge on any atom is 0.0716 e. The Kier molecular flexibility index (Phi) is 7.30. The summed E-state index contributed by atoms with van der Waals surface area (Å²) in [5, 5.41) is 0.292. The first-order valence-corrected chi connectivity index (χ1v) is 6.93. The van der Waals surface area contributed by atoms with Crippen molar-refractivity contribution >= 4 is 11.6 Å². The fourth-order valence-corrected chi connectivity index (χ4v) is 2.02. The Balaban J connectivity index is 2.05. The van der Waals surface area contributed by atoms with Gasteiger partial charge in [-0.3, -0.25) is 0 Å². The van der Waals surface area contributed by atoms with Crippen LogP contribution in [0.25, 0.3) is 0 Å². The number of rotatable bonds is 8. The molecule has 0 heterocycles. The third kappa shape index (κ3) is 6.09. The lowest BCUT2D eigenvalue weighted by Crippen LogP contribution is -2.11. The highest BCUT2D eigenvalue weighted by Gasteiger charge is 2.11. The van der Waals surface area contributed by atoms with Gasteiger partial charge < -0.3 is 4.74 Å². The summed E-state index contributed by atoms with van der Waals surface area (Å²) in [5.41, 5.74) is 1.23. The Labute approximate surface area is 110 Å². The van der Waals surface area contributed by atoms with Gasteiger partial charge in [0.05, 0.1) is 6.61 Å². The second-order valence-corrected chi connectivity index (χ2v) is 5.14. The van der Waals surface area contributed by atoms with Crippen LogP contribution in [0.15, 0.2) is 30.3 Å². The number of hydrogen-bond donors (Lipinski definition) is 0. The fourth-order valence-electron chi connectivity index (χ4n) is 1.68. The summed E-state index contributed by atoms with van der Waals surface area (Å²) in [6, 6.07) is 10.3. The lowest BCUT2D eigenvalue weighted by Gasteiger charge is -2.15. The van der Waals surface area contributed by atoms with E-state index in [1.54, 1.807) is 0 Å². The molecule has 17 heavy (non-hydrogen) atoms. The van der Waals surface area contributed by atoms with Crippen molar-refractivity contribution in [1.82, 2.24) is 0 Å². The van der Waals surface area contributed by atoms with Crippen LogP contribution < -0.4 is 0 Å². The standard InChI is InChI=1S/C15H23ClO/c1-3-13(2)15(16)10-7-11-17-12-14-8-5-4-6-9-14/h4-6,8-9,13,15H,3,7,10-12H2,1-2H3. The second-order valence-electron chi connectivity index (χ2n) is 4.58. The summed E-state index contributed by atoms with van der Waals surface area (Å²) >= 11 is 6.27. The Morgan fingerprint density at radius 3 is 2.59 bits per heavy atom. The minimum atomic E-state index is 0.292. The van der Waals surface area contributed by atoms with Gasteiger partial charge >= 0.3 is 0 Å². The molecule has 2 unspecified atom stereocenters. The molecule has 0 aliphatic carbocycles. The van der Waals surface area contributed by atoms with E-state index in [1.165, 1.54) is 5.56 Å². The molecule has 2 atom stereocenters. The first-order chi connectivity index (χ1) is 8.24. The fraction of sp³-hybridized carbons (Fsp3) is 0.600. The summed E-state index contributed by atoms with van der Waals surface area (Å²) < 4.78 is 5.62. The Morgan fingerprint density at radius 2 is 1.94 bits per heavy atom. The maximum atomic E-state index is 6.27. The first kappa shape index (κ1) is 14.5. The number of alkyl halides is 1. The third-order valence-corrected chi connectivity index (χ3v) is 3.79. The van der Waals surface area contributed by atoms with E-state index in [1.807, 2.05) is 18.2 Å². The molecule has 0 saturated carbocycles. The van der Waals surface area contributed by atoms with Crippen molar-refractivity contribution in [3.63, 3.8) is 0 Å². The SMILES string of the molecule is CCC(C)C(Cl)CCCOCc1ccccc1. The monoisotopic (exact) mass is 254 g/mol. The quantitative estimate of drug-likeness (QED) is 0.485. The van der Waals surface area contributed by atoms with Crippen molar-refractivity contribution in [1.29, 1.82) is 0 Å². The Hall–Kier alpha value is -0.530. The van der Waals surface area contributed by atoms with Crippen LogP contribution >= 0.6 is 11.6 Å². The number of hydrogen-bond acceptors (Lipinski definition) is 1. The average molecular weight is 255 g/mol. The summed E-state index contributed by atoms with van der Waals surface area (Å²) in [7, 11) is 0. The molecule has 2 heteroatoms. The van der Waals surface area contributed by atoms with Crippen LogP contribution in [0.1, 0.15) is 38.7 Å². The number of ether oxygens (including phenoxy) is 1. The third-order valence-electron chi connectivity index (χ3n) is 3.14. The van der Waals surface area contributed by atoms with Gasteiger partial charge in [0.25, 0.3) is 0 Å². The van der Waals surface area contributed by atoms with Crippen LogP contribution in [0, 0.1) is 5.92 Å². The van der Waals surface area contributed by atoms with E-state index in [2.05, 4.69) is 26.0 Å². The molecule has 0 bridgehead atoms. The molecule has 0 aliphatic rings. The molecule has 0 aliphatic heterocycles. The maximum absolute atomic E-state index is 6.27. The topological polar surface area (TPSA) is 9.23 Å². The van der Waals surface area contributed by atoms with Crippen molar-refractivity contribution < 1.29 is 4.74 Å². The highest BCUT2D eigenvalue weighted by Crippen LogP contribution is 2.18. The first-order valence-electron chi connectivity index (χ1n) is 6.49. The summed E-state index contributed by atoms with van der Waals surface area (Å²) in [6.45, 7) is 5.90. The van der Waals surface area contributed by atoms with Crippen LogP contribution in [0.2, 0.25) is 0 Å². The van der Waals surface area contributed by atoms with Gasteiger partial charge in [0, 0.05) is 12.0 Å². The molecule has 0 spiro atoms. The zero-order chi connectivity index (χ0) is 12.5. The Bertz CT molecular complexity index is 286. The van der Waals surface area contributed by atoms with Crippen molar-refractivity contribution in [3.8, 4) is 0 Å². The van der Waals surface area contributed by atoms with Crippen molar-refractivity contribution in [2.45, 2.75) is 45.1 Å². The van der Waals surface area contributed by atoms with E-state index in [9.17, 15) is 0 Å². The van der Waals surface area contributed by atoms with Gasteiger partial charge in [-0.1, -0.05) is 50.6 Å². The lowest BCUT2D eigenvalue weighted by atomic mass is 10.0. The van der Waals surface area contributed by atoms with Gasteiger partial charge in [0.15, 0.2) is 0 Å². The minimum Gasteiger partial charge on any atom is -0.377 e. The molecule has 1 nitrogen and oxygen atoms in total. The molecule has 0 N–H and O–H groups in total. The van der Waals surface area contributed by atoms with Crippen molar-refractivity contribution in [2.24, 2.45) is 5.92 Å². The van der Waals surface area contributed by atoms with Crippen LogP contribution in [-0.2, 0) is 11.3 Å². The second kappa shape index (κ2) is 8.54. The molecular formula is C15H23ClO. The normalized spacial score (nSPS) is 14.5. The van der Waals surface area contributed by atoms with E-state index in [4.69, 9.17) is 16.3 Å². The molecule has 0 fully saturated rings. The zero-order valence-corrected chi connectivity index (χ0v) is 11.6. The number of halogens is 1. The molecule has 0 radical (unpaired) electrons. The van der Waals surface area contributed by atoms with Gasteiger partial charge in [0.1, 0.15) is 0 Å². The molecule has 0 saturated heterocycles. The molecule has 0 aromatic heterocycles. The van der Waals surface area contributed by atoms with Gasteiger partial charge in [-0.05, 0) is 24.3 Å². The summed E-state index contributed by atoms with van der Waals surface area (Å²) in [6.07, 6.45) is 3.25. The summed E-state index contributed by atoms with van der Waals surface area (Å²) in [5.74, 6) is 0.603. The predicted octanol–water partition coefficient (Wildman–Crippen LogP) is 4.64. The van der Waals surface area contributed by atoms with Gasteiger partial charge in [-0.2, -0.15) is 0 Å². The highest BCUT2D eigenvalue weighted by molar-refractivity contribution is 6.20. The van der Waals surface area contributed by atoms with Crippen LogP contribution in [0.5, 0.6) is 0 Å². The van der Waals surface area contributed by atoms with Crippen LogP contribution in [0.4, 0.5) is 0 Å². The molecule has 96 valence electrons. The van der Waals surface area contributed by atoms with E-state index >= 15 is 0 Å². The average Bonchev–Trinajstić information content (AvgIpc) is 2.38. The highest BCUT2D eigenvalue weighted by atomic mass is 35.5. The van der Waals surface area contributed by atoms with Gasteiger partial charge in [-0.15, -0.1) is 11.6 Å². The minimum absolute atomic E-state index is 0.292. The molecule has 0 amide bonds. The van der Waals surface area contributed by atoms with Crippen molar-refractivity contribution in [2.75, 3.05) is 6.61 Å². The Morgan fingerprint density at radius 1 is 1.24 bits per heavy atom.